The van der Waals surface area contributed by atoms with Gasteiger partial charge in [0, 0.05) is 6.21 Å². The molecule has 31 heavy (non-hydrogen) atoms. The van der Waals surface area contributed by atoms with E-state index in [0.29, 0.717) is 24.0 Å². The predicted octanol–water partition coefficient (Wildman–Crippen LogP) is 6.24. The maximum atomic E-state index is 10.9. The number of aliphatic imine (C=N–C) groups is 1. The fourth-order valence-electron chi connectivity index (χ4n) is 3.06. The van der Waals surface area contributed by atoms with Gasteiger partial charge in [-0.05, 0) is 71.5 Å². The largest absolute Gasteiger partial charge is 0.493 e. The summed E-state index contributed by atoms with van der Waals surface area (Å²) >= 11 is 0. The number of methoxy groups -OCH3 is 1. The number of ether oxygens (including phenoxy) is 2. The zero-order valence-corrected chi connectivity index (χ0v) is 18.0. The molecule has 0 saturated carbocycles. The highest BCUT2D eigenvalue weighted by Gasteiger charge is 2.07. The van der Waals surface area contributed by atoms with Gasteiger partial charge in [-0.15, -0.1) is 0 Å². The Hall–Kier alpha value is -3.60. The molecule has 0 bridgehead atoms. The van der Waals surface area contributed by atoms with Crippen molar-refractivity contribution in [2.24, 2.45) is 4.99 Å². The number of hydrogen-bond acceptors (Lipinski definition) is 4. The van der Waals surface area contributed by atoms with Crippen LogP contribution >= 0.6 is 0 Å². The van der Waals surface area contributed by atoms with Crippen molar-refractivity contribution in [1.29, 1.82) is 0 Å². The highest BCUT2D eigenvalue weighted by atomic mass is 16.5. The Morgan fingerprint density at radius 1 is 1.03 bits per heavy atom. The van der Waals surface area contributed by atoms with E-state index in [0.717, 1.165) is 23.2 Å². The molecule has 5 nitrogen and oxygen atoms in total. The summed E-state index contributed by atoms with van der Waals surface area (Å²) in [7, 11) is 1.60. The monoisotopic (exact) mass is 417 g/mol. The van der Waals surface area contributed by atoms with Crippen molar-refractivity contribution in [3.63, 3.8) is 0 Å². The minimum absolute atomic E-state index is 0.250. The molecular formula is C26H27NO4. The van der Waals surface area contributed by atoms with E-state index in [1.807, 2.05) is 30.3 Å². The Morgan fingerprint density at radius 3 is 2.35 bits per heavy atom. The lowest BCUT2D eigenvalue weighted by Crippen LogP contribution is -2.00. The second-order valence-electron chi connectivity index (χ2n) is 7.36. The highest BCUT2D eigenvalue weighted by molar-refractivity contribution is 5.87. The van der Waals surface area contributed by atoms with Crippen molar-refractivity contribution < 1.29 is 19.4 Å². The summed E-state index contributed by atoms with van der Waals surface area (Å²) in [6.07, 6.45) is 2.92. The van der Waals surface area contributed by atoms with Crippen LogP contribution < -0.4 is 9.47 Å². The van der Waals surface area contributed by atoms with E-state index in [1.54, 1.807) is 37.6 Å². The summed E-state index contributed by atoms with van der Waals surface area (Å²) in [6.45, 7) is 4.72. The molecule has 0 spiro atoms. The SMILES string of the molecule is CCC(C)c1ccc(N=Cc2ccc(OCc3ccc(C(=O)O)cc3)c(OC)c2)cc1. The molecule has 0 aliphatic rings. The summed E-state index contributed by atoms with van der Waals surface area (Å²) in [4.78, 5) is 15.5. The molecule has 3 rings (SSSR count). The first-order chi connectivity index (χ1) is 15.0. The van der Waals surface area contributed by atoms with E-state index in [-0.39, 0.29) is 5.56 Å². The molecule has 1 unspecified atom stereocenters. The van der Waals surface area contributed by atoms with Crippen LogP contribution in [0.1, 0.15) is 53.2 Å². The molecule has 1 atom stereocenters. The average molecular weight is 418 g/mol. The van der Waals surface area contributed by atoms with Gasteiger partial charge in [0.25, 0.3) is 0 Å². The molecule has 0 aromatic heterocycles. The first-order valence-electron chi connectivity index (χ1n) is 10.3. The molecule has 0 aliphatic carbocycles. The Labute approximate surface area is 183 Å². The minimum Gasteiger partial charge on any atom is -0.493 e. The van der Waals surface area contributed by atoms with Crippen LogP contribution in [0.4, 0.5) is 5.69 Å². The summed E-state index contributed by atoms with van der Waals surface area (Å²) < 4.78 is 11.3. The van der Waals surface area contributed by atoms with Gasteiger partial charge >= 0.3 is 5.97 Å². The van der Waals surface area contributed by atoms with Gasteiger partial charge in [-0.25, -0.2) is 4.79 Å². The van der Waals surface area contributed by atoms with Gasteiger partial charge in [-0.3, -0.25) is 4.99 Å². The first kappa shape index (κ1) is 22.1. The van der Waals surface area contributed by atoms with Crippen molar-refractivity contribution in [3.8, 4) is 11.5 Å². The lowest BCUT2D eigenvalue weighted by Gasteiger charge is -2.11. The number of aromatic carboxylic acids is 1. The summed E-state index contributed by atoms with van der Waals surface area (Å²) in [6, 6.07) is 20.6. The number of rotatable bonds is 9. The highest BCUT2D eigenvalue weighted by Crippen LogP contribution is 2.29. The van der Waals surface area contributed by atoms with Gasteiger partial charge in [0.1, 0.15) is 6.61 Å². The van der Waals surface area contributed by atoms with Crippen LogP contribution in [0.5, 0.6) is 11.5 Å². The molecule has 160 valence electrons. The molecule has 0 heterocycles. The molecule has 0 amide bonds. The third kappa shape index (κ3) is 5.95. The van der Waals surface area contributed by atoms with Crippen LogP contribution in [0.3, 0.4) is 0 Å². The van der Waals surface area contributed by atoms with Crippen LogP contribution in [0.15, 0.2) is 71.7 Å². The number of carbonyl (C=O) groups is 1. The molecule has 0 fully saturated rings. The van der Waals surface area contributed by atoms with E-state index in [9.17, 15) is 4.79 Å². The van der Waals surface area contributed by atoms with E-state index >= 15 is 0 Å². The smallest absolute Gasteiger partial charge is 0.335 e. The molecule has 0 radical (unpaired) electrons. The minimum atomic E-state index is -0.946. The number of carboxylic acid groups (broad SMARTS) is 1. The second kappa shape index (κ2) is 10.4. The third-order valence-electron chi connectivity index (χ3n) is 5.22. The molecule has 5 heteroatoms. The standard InChI is InChI=1S/C26H27NO4/c1-4-18(2)21-10-12-23(13-11-21)27-16-20-7-14-24(25(15-20)30-3)31-17-19-5-8-22(9-6-19)26(28)29/h5-16,18H,4,17H2,1-3H3,(H,28,29). The topological polar surface area (TPSA) is 68.1 Å². The van der Waals surface area contributed by atoms with Crippen LogP contribution in [-0.4, -0.2) is 24.4 Å². The van der Waals surface area contributed by atoms with Gasteiger partial charge in [0.15, 0.2) is 11.5 Å². The van der Waals surface area contributed by atoms with E-state index < -0.39 is 5.97 Å². The lowest BCUT2D eigenvalue weighted by atomic mass is 9.99. The zero-order valence-electron chi connectivity index (χ0n) is 18.0. The quantitative estimate of drug-likeness (QED) is 0.419. The fourth-order valence-corrected chi connectivity index (χ4v) is 3.06. The van der Waals surface area contributed by atoms with Crippen molar-refractivity contribution in [2.75, 3.05) is 7.11 Å². The molecular weight excluding hydrogens is 390 g/mol. The van der Waals surface area contributed by atoms with Gasteiger partial charge in [-0.1, -0.05) is 38.1 Å². The Bertz CT molecular complexity index is 1040. The number of hydrogen-bond donors (Lipinski definition) is 1. The fraction of sp³-hybridized carbons (Fsp3) is 0.231. The maximum absolute atomic E-state index is 10.9. The van der Waals surface area contributed by atoms with Crippen LogP contribution in [0.2, 0.25) is 0 Å². The molecule has 1 N–H and O–H groups in total. The van der Waals surface area contributed by atoms with E-state index in [1.165, 1.54) is 5.56 Å². The van der Waals surface area contributed by atoms with Crippen molar-refractivity contribution in [3.05, 3.63) is 89.0 Å². The Balaban J connectivity index is 1.66. The van der Waals surface area contributed by atoms with Crippen molar-refractivity contribution in [2.45, 2.75) is 32.8 Å². The molecule has 0 saturated heterocycles. The predicted molar refractivity (Wildman–Crippen MR) is 123 cm³/mol. The van der Waals surface area contributed by atoms with Crippen LogP contribution in [0.25, 0.3) is 0 Å². The van der Waals surface area contributed by atoms with Gasteiger partial charge in [0.05, 0.1) is 18.4 Å². The maximum Gasteiger partial charge on any atom is 0.335 e. The summed E-state index contributed by atoms with van der Waals surface area (Å²) in [5, 5.41) is 8.98. The summed E-state index contributed by atoms with van der Waals surface area (Å²) in [5.74, 6) is 0.820. The van der Waals surface area contributed by atoms with Gasteiger partial charge < -0.3 is 14.6 Å². The van der Waals surface area contributed by atoms with Crippen molar-refractivity contribution in [1.82, 2.24) is 0 Å². The van der Waals surface area contributed by atoms with Crippen molar-refractivity contribution >= 4 is 17.9 Å². The average Bonchev–Trinajstić information content (AvgIpc) is 2.81. The number of carboxylic acids is 1. The normalized spacial score (nSPS) is 12.0. The first-order valence-corrected chi connectivity index (χ1v) is 10.3. The number of nitrogens with zero attached hydrogens (tertiary/aromatic N) is 1. The molecule has 3 aromatic carbocycles. The molecule has 3 aromatic rings. The van der Waals surface area contributed by atoms with Crippen LogP contribution in [-0.2, 0) is 6.61 Å². The number of benzene rings is 3. The Kier molecular flexibility index (Phi) is 7.44. The van der Waals surface area contributed by atoms with E-state index in [4.69, 9.17) is 14.6 Å². The zero-order chi connectivity index (χ0) is 22.2. The Morgan fingerprint density at radius 2 is 1.74 bits per heavy atom. The third-order valence-corrected chi connectivity index (χ3v) is 5.22. The van der Waals surface area contributed by atoms with Gasteiger partial charge in [0.2, 0.25) is 0 Å². The van der Waals surface area contributed by atoms with Crippen LogP contribution in [0, 0.1) is 0 Å². The second-order valence-corrected chi connectivity index (χ2v) is 7.36. The van der Waals surface area contributed by atoms with E-state index in [2.05, 4.69) is 31.0 Å². The lowest BCUT2D eigenvalue weighted by molar-refractivity contribution is 0.0697. The summed E-state index contributed by atoms with van der Waals surface area (Å²) in [5.41, 5.74) is 4.25. The molecule has 0 aliphatic heterocycles. The van der Waals surface area contributed by atoms with Gasteiger partial charge in [-0.2, -0.15) is 0 Å².